The van der Waals surface area contributed by atoms with Crippen LogP contribution in [-0.4, -0.2) is 24.2 Å². The van der Waals surface area contributed by atoms with Crippen molar-refractivity contribution in [3.8, 4) is 0 Å². The molecule has 33 heavy (non-hydrogen) atoms. The second-order valence-electron chi connectivity index (χ2n) is 10.6. The summed E-state index contributed by atoms with van der Waals surface area (Å²) in [5.41, 5.74) is 7.96. The summed E-state index contributed by atoms with van der Waals surface area (Å²) in [6, 6.07) is 2.23. The van der Waals surface area contributed by atoms with E-state index in [0.717, 1.165) is 35.8 Å². The number of allylic oxidation sites excluding steroid dienone is 2. The van der Waals surface area contributed by atoms with E-state index in [-0.39, 0.29) is 0 Å². The fraction of sp³-hybridized carbons (Fsp3) is 0.621. The zero-order valence-corrected chi connectivity index (χ0v) is 21.9. The summed E-state index contributed by atoms with van der Waals surface area (Å²) in [6.07, 6.45) is 11.2. The van der Waals surface area contributed by atoms with Crippen molar-refractivity contribution >= 4 is 30.4 Å². The summed E-state index contributed by atoms with van der Waals surface area (Å²) in [5, 5.41) is 8.89. The van der Waals surface area contributed by atoms with E-state index in [1.807, 2.05) is 6.20 Å². The van der Waals surface area contributed by atoms with Crippen molar-refractivity contribution in [2.45, 2.75) is 87.0 Å². The van der Waals surface area contributed by atoms with Gasteiger partial charge in [0.1, 0.15) is 0 Å². The zero-order chi connectivity index (χ0) is 24.1. The smallest absolute Gasteiger partial charge is 0.208 e. The molecule has 5 unspecified atom stereocenters. The standard InChI is InChI=1S/C29H43BN3/c1-8-10-11-23(9-2)13-19(4)27(31)14-24-17-32-28(22(7)20(5)21(24)6)26-15-30-29-25(26)12-18(3)16-33-29/h12,15-17,19-21,23-24,31H,8-11,13-14H2,1-7H3. The molecular weight excluding hydrogens is 401 g/mol. The van der Waals surface area contributed by atoms with E-state index in [4.69, 9.17) is 10.4 Å². The normalized spacial score (nSPS) is 24.1. The number of hydrogen-bond acceptors (Lipinski definition) is 3. The number of hydrogen-bond donors (Lipinski definition) is 1. The Bertz CT molecular complexity index is 942. The van der Waals surface area contributed by atoms with Gasteiger partial charge in [0.2, 0.25) is 7.28 Å². The highest BCUT2D eigenvalue weighted by Gasteiger charge is 2.31. The van der Waals surface area contributed by atoms with Crippen molar-refractivity contribution in [1.82, 2.24) is 4.98 Å². The number of aliphatic imine (C=N–C) groups is 1. The van der Waals surface area contributed by atoms with Gasteiger partial charge in [0.25, 0.3) is 0 Å². The molecule has 0 fully saturated rings. The first-order valence-corrected chi connectivity index (χ1v) is 13.1. The number of nitrogens with one attached hydrogen (secondary N) is 1. The first-order valence-electron chi connectivity index (χ1n) is 13.1. The Morgan fingerprint density at radius 1 is 1.21 bits per heavy atom. The number of fused-ring (bicyclic) bond motifs is 1. The average molecular weight is 444 g/mol. The van der Waals surface area contributed by atoms with Crippen molar-refractivity contribution in [1.29, 1.82) is 5.41 Å². The Labute approximate surface area is 203 Å². The third-order valence-corrected chi connectivity index (χ3v) is 8.20. The zero-order valence-electron chi connectivity index (χ0n) is 21.9. The van der Waals surface area contributed by atoms with Gasteiger partial charge >= 0.3 is 0 Å². The monoisotopic (exact) mass is 444 g/mol. The minimum absolute atomic E-state index is 0.305. The van der Waals surface area contributed by atoms with Crippen LogP contribution in [0.3, 0.4) is 0 Å². The molecule has 0 aromatic carbocycles. The average Bonchev–Trinajstić information content (AvgIpc) is 3.18. The number of unbranched alkanes of at least 4 members (excludes halogenated alkanes) is 1. The van der Waals surface area contributed by atoms with Gasteiger partial charge in [0, 0.05) is 29.6 Å². The van der Waals surface area contributed by atoms with Crippen molar-refractivity contribution < 1.29 is 0 Å². The molecule has 5 atom stereocenters. The molecule has 177 valence electrons. The largest absolute Gasteiger partial charge is 0.309 e. The summed E-state index contributed by atoms with van der Waals surface area (Å²) < 4.78 is 0. The molecule has 0 saturated carbocycles. The maximum atomic E-state index is 8.89. The highest BCUT2D eigenvalue weighted by Crippen LogP contribution is 2.38. The lowest BCUT2D eigenvalue weighted by Crippen LogP contribution is -2.25. The Hall–Kier alpha value is -1.97. The summed E-state index contributed by atoms with van der Waals surface area (Å²) in [5.74, 6) is 4.47. The van der Waals surface area contributed by atoms with Crippen LogP contribution in [0.1, 0.15) is 91.2 Å². The Morgan fingerprint density at radius 3 is 2.67 bits per heavy atom. The molecule has 0 spiro atoms. The molecule has 2 aliphatic heterocycles. The number of nitrogens with zero attached hydrogens (tertiary/aromatic N) is 2. The molecular formula is C29H43BN3. The van der Waals surface area contributed by atoms with Crippen molar-refractivity contribution in [3.05, 3.63) is 40.6 Å². The Morgan fingerprint density at radius 2 is 1.97 bits per heavy atom. The molecule has 2 aliphatic rings. The van der Waals surface area contributed by atoms with E-state index in [1.165, 1.54) is 48.0 Å². The van der Waals surface area contributed by atoms with Gasteiger partial charge in [0.15, 0.2) is 0 Å². The molecule has 1 N–H and O–H groups in total. The molecule has 0 bridgehead atoms. The summed E-state index contributed by atoms with van der Waals surface area (Å²) in [4.78, 5) is 9.67. The molecule has 1 aromatic heterocycles. The van der Waals surface area contributed by atoms with E-state index in [0.29, 0.717) is 23.7 Å². The van der Waals surface area contributed by atoms with Gasteiger partial charge in [-0.3, -0.25) is 9.98 Å². The lowest BCUT2D eigenvalue weighted by atomic mass is 9.76. The Balaban J connectivity index is 1.75. The second kappa shape index (κ2) is 11.4. The van der Waals surface area contributed by atoms with Crippen LogP contribution in [0.15, 0.2) is 34.5 Å². The van der Waals surface area contributed by atoms with Gasteiger partial charge in [-0.1, -0.05) is 60.3 Å². The SMILES string of the molecule is CCCCC(CC)CC(C)C(=N)CC1C=NC(C2=C[B]c3ncc(C)cc32)=C(C)C(C)C1C. The number of aryl methyl sites for hydroxylation is 1. The maximum absolute atomic E-state index is 8.89. The van der Waals surface area contributed by atoms with Crippen molar-refractivity contribution in [2.24, 2.45) is 34.6 Å². The minimum atomic E-state index is 0.305. The predicted molar refractivity (Wildman–Crippen MR) is 145 cm³/mol. The van der Waals surface area contributed by atoms with Gasteiger partial charge in [-0.15, -0.1) is 5.98 Å². The summed E-state index contributed by atoms with van der Waals surface area (Å²) in [6.45, 7) is 15.9. The minimum Gasteiger partial charge on any atom is -0.309 e. The highest BCUT2D eigenvalue weighted by molar-refractivity contribution is 6.63. The molecule has 3 nitrogen and oxygen atoms in total. The third kappa shape index (κ3) is 5.94. The second-order valence-corrected chi connectivity index (χ2v) is 10.6. The molecule has 0 aliphatic carbocycles. The third-order valence-electron chi connectivity index (χ3n) is 8.20. The first kappa shape index (κ1) is 25.7. The molecule has 1 radical (unpaired) electrons. The predicted octanol–water partition coefficient (Wildman–Crippen LogP) is 6.97. The fourth-order valence-corrected chi connectivity index (χ4v) is 5.37. The van der Waals surface area contributed by atoms with Crippen LogP contribution in [-0.2, 0) is 0 Å². The Kier molecular flexibility index (Phi) is 8.90. The maximum Gasteiger partial charge on any atom is 0.208 e. The summed E-state index contributed by atoms with van der Waals surface area (Å²) in [7, 11) is 2.11. The van der Waals surface area contributed by atoms with Crippen LogP contribution in [0.5, 0.6) is 0 Å². The number of rotatable bonds is 10. The van der Waals surface area contributed by atoms with Gasteiger partial charge in [-0.25, -0.2) is 0 Å². The molecule has 3 rings (SSSR count). The van der Waals surface area contributed by atoms with Crippen LogP contribution < -0.4 is 5.59 Å². The molecule has 3 heterocycles. The van der Waals surface area contributed by atoms with Crippen molar-refractivity contribution in [3.63, 3.8) is 0 Å². The van der Waals surface area contributed by atoms with Crippen LogP contribution in [0.2, 0.25) is 0 Å². The van der Waals surface area contributed by atoms with Gasteiger partial charge in [0.05, 0.1) is 5.70 Å². The van der Waals surface area contributed by atoms with E-state index >= 15 is 0 Å². The van der Waals surface area contributed by atoms with Gasteiger partial charge in [-0.2, -0.15) is 0 Å². The van der Waals surface area contributed by atoms with E-state index in [9.17, 15) is 0 Å². The van der Waals surface area contributed by atoms with Gasteiger partial charge in [-0.05, 0) is 78.7 Å². The summed E-state index contributed by atoms with van der Waals surface area (Å²) >= 11 is 0. The van der Waals surface area contributed by atoms with Gasteiger partial charge < -0.3 is 5.41 Å². The van der Waals surface area contributed by atoms with Crippen LogP contribution >= 0.6 is 0 Å². The van der Waals surface area contributed by atoms with Crippen LogP contribution in [0, 0.1) is 41.9 Å². The molecule has 0 saturated heterocycles. The van der Waals surface area contributed by atoms with Crippen molar-refractivity contribution in [2.75, 3.05) is 0 Å². The first-order chi connectivity index (χ1) is 15.8. The lowest BCUT2D eigenvalue weighted by Gasteiger charge is -2.28. The molecule has 1 aromatic rings. The van der Waals surface area contributed by atoms with Crippen LogP contribution in [0.4, 0.5) is 0 Å². The highest BCUT2D eigenvalue weighted by atomic mass is 14.8. The topological polar surface area (TPSA) is 49.1 Å². The van der Waals surface area contributed by atoms with E-state index < -0.39 is 0 Å². The fourth-order valence-electron chi connectivity index (χ4n) is 5.37. The van der Waals surface area contributed by atoms with Crippen LogP contribution in [0.25, 0.3) is 5.57 Å². The molecule has 4 heteroatoms. The molecule has 0 amide bonds. The lowest BCUT2D eigenvalue weighted by molar-refractivity contribution is 0.359. The van der Waals surface area contributed by atoms with E-state index in [2.05, 4.69) is 79.0 Å². The van der Waals surface area contributed by atoms with E-state index in [1.54, 1.807) is 0 Å². The quantitative estimate of drug-likeness (QED) is 0.307. The number of aromatic nitrogens is 1. The number of pyridine rings is 1.